The van der Waals surface area contributed by atoms with E-state index in [0.717, 1.165) is 6.07 Å². The molecule has 1 atom stereocenters. The van der Waals surface area contributed by atoms with Gasteiger partial charge in [-0.2, -0.15) is 0 Å². The maximum atomic E-state index is 12.9. The smallest absolute Gasteiger partial charge is 0.338 e. The molecule has 0 spiro atoms. The van der Waals surface area contributed by atoms with E-state index in [1.54, 1.807) is 0 Å². The first kappa shape index (κ1) is 21.3. The van der Waals surface area contributed by atoms with Gasteiger partial charge in [-0.15, -0.1) is 0 Å². The quantitative estimate of drug-likeness (QED) is 0.675. The molecule has 8 nitrogen and oxygen atoms in total. The second kappa shape index (κ2) is 8.81. The molecule has 0 aliphatic carbocycles. The van der Waals surface area contributed by atoms with E-state index >= 15 is 0 Å². The summed E-state index contributed by atoms with van der Waals surface area (Å²) >= 11 is 0. The van der Waals surface area contributed by atoms with E-state index in [0.29, 0.717) is 5.69 Å². The van der Waals surface area contributed by atoms with E-state index in [1.165, 1.54) is 57.5 Å². The molecule has 28 heavy (non-hydrogen) atoms. The van der Waals surface area contributed by atoms with Crippen LogP contribution >= 0.6 is 0 Å². The molecule has 1 amide bonds. The molecule has 2 aromatic rings. The molecule has 0 aliphatic rings. The molecule has 10 heteroatoms. The lowest BCUT2D eigenvalue weighted by Gasteiger charge is -2.15. The number of amides is 1. The van der Waals surface area contributed by atoms with Crippen molar-refractivity contribution in [1.29, 1.82) is 0 Å². The van der Waals surface area contributed by atoms with Crippen LogP contribution in [0.3, 0.4) is 0 Å². The number of anilines is 1. The van der Waals surface area contributed by atoms with Gasteiger partial charge in [-0.3, -0.25) is 4.79 Å². The van der Waals surface area contributed by atoms with Gasteiger partial charge in [-0.25, -0.2) is 22.3 Å². The Labute approximate surface area is 161 Å². The number of rotatable bonds is 7. The van der Waals surface area contributed by atoms with Gasteiger partial charge in [0.25, 0.3) is 5.91 Å². The van der Waals surface area contributed by atoms with E-state index in [9.17, 15) is 22.4 Å². The van der Waals surface area contributed by atoms with Gasteiger partial charge in [0.1, 0.15) is 16.5 Å². The van der Waals surface area contributed by atoms with Crippen LogP contribution in [0.25, 0.3) is 0 Å². The summed E-state index contributed by atoms with van der Waals surface area (Å²) in [6.45, 7) is 1.35. The normalized spacial score (nSPS) is 12.1. The third-order valence-corrected chi connectivity index (χ3v) is 5.16. The SMILES string of the molecule is CNS(=O)(=O)c1cc(C(=O)O[C@H](C)C(=O)Nc2ccc(F)cc2)ccc1OC. The third kappa shape index (κ3) is 5.05. The number of esters is 1. The van der Waals surface area contributed by atoms with Crippen molar-refractivity contribution in [3.05, 3.63) is 53.8 Å². The van der Waals surface area contributed by atoms with Crippen LogP contribution in [-0.4, -0.2) is 40.6 Å². The zero-order chi connectivity index (χ0) is 20.9. The van der Waals surface area contributed by atoms with E-state index < -0.39 is 33.8 Å². The molecule has 2 aromatic carbocycles. The number of nitrogens with one attached hydrogen (secondary N) is 2. The molecule has 0 bridgehead atoms. The van der Waals surface area contributed by atoms with Gasteiger partial charge >= 0.3 is 5.97 Å². The Hall–Kier alpha value is -2.98. The maximum absolute atomic E-state index is 12.9. The van der Waals surface area contributed by atoms with Gasteiger partial charge < -0.3 is 14.8 Å². The Morgan fingerprint density at radius 2 is 1.75 bits per heavy atom. The van der Waals surface area contributed by atoms with Gasteiger partial charge in [-0.1, -0.05) is 0 Å². The Bertz CT molecular complexity index is 976. The fraction of sp³-hybridized carbons (Fsp3) is 0.222. The summed E-state index contributed by atoms with van der Waals surface area (Å²) in [5.74, 6) is -1.93. The number of hydrogen-bond acceptors (Lipinski definition) is 6. The van der Waals surface area contributed by atoms with E-state index in [1.807, 2.05) is 0 Å². The fourth-order valence-electron chi connectivity index (χ4n) is 2.18. The Morgan fingerprint density at radius 3 is 2.32 bits per heavy atom. The molecule has 150 valence electrons. The minimum atomic E-state index is -3.88. The summed E-state index contributed by atoms with van der Waals surface area (Å²) < 4.78 is 49.3. The fourth-order valence-corrected chi connectivity index (χ4v) is 3.10. The molecule has 0 saturated carbocycles. The van der Waals surface area contributed by atoms with Crippen LogP contribution in [0.15, 0.2) is 47.4 Å². The average Bonchev–Trinajstić information content (AvgIpc) is 2.68. The van der Waals surface area contributed by atoms with Crippen molar-refractivity contribution in [2.24, 2.45) is 0 Å². The molecule has 0 aromatic heterocycles. The van der Waals surface area contributed by atoms with Crippen molar-refractivity contribution in [3.8, 4) is 5.75 Å². The summed E-state index contributed by atoms with van der Waals surface area (Å²) in [6, 6.07) is 8.79. The number of ether oxygens (including phenoxy) is 2. The van der Waals surface area contributed by atoms with Crippen LogP contribution in [0.1, 0.15) is 17.3 Å². The summed E-state index contributed by atoms with van der Waals surface area (Å²) in [5.41, 5.74) is 0.261. The lowest BCUT2D eigenvalue weighted by Crippen LogP contribution is -2.30. The summed E-state index contributed by atoms with van der Waals surface area (Å²) in [5, 5.41) is 2.48. The highest BCUT2D eigenvalue weighted by molar-refractivity contribution is 7.89. The molecule has 0 saturated heterocycles. The largest absolute Gasteiger partial charge is 0.495 e. The van der Waals surface area contributed by atoms with Crippen molar-refractivity contribution in [3.63, 3.8) is 0 Å². The molecule has 0 aliphatic heterocycles. The number of halogens is 1. The minimum absolute atomic E-state index is 0.0491. The monoisotopic (exact) mass is 410 g/mol. The van der Waals surface area contributed by atoms with Crippen molar-refractivity contribution in [2.75, 3.05) is 19.5 Å². The number of carbonyl (C=O) groups is 2. The first-order valence-corrected chi connectivity index (χ1v) is 9.55. The second-order valence-electron chi connectivity index (χ2n) is 5.62. The van der Waals surface area contributed by atoms with Gasteiger partial charge in [0.15, 0.2) is 6.10 Å². The summed E-state index contributed by atoms with van der Waals surface area (Å²) in [6.07, 6.45) is -1.18. The Morgan fingerprint density at radius 1 is 1.11 bits per heavy atom. The summed E-state index contributed by atoms with van der Waals surface area (Å²) in [4.78, 5) is 24.2. The number of sulfonamides is 1. The molecule has 0 unspecified atom stereocenters. The second-order valence-corrected chi connectivity index (χ2v) is 7.47. The zero-order valence-corrected chi connectivity index (χ0v) is 16.2. The first-order valence-electron chi connectivity index (χ1n) is 8.07. The van der Waals surface area contributed by atoms with E-state index in [4.69, 9.17) is 9.47 Å². The van der Waals surface area contributed by atoms with Gasteiger partial charge in [-0.05, 0) is 56.4 Å². The van der Waals surface area contributed by atoms with Gasteiger partial charge in [0.05, 0.1) is 12.7 Å². The highest BCUT2D eigenvalue weighted by Crippen LogP contribution is 2.25. The van der Waals surface area contributed by atoms with Crippen LogP contribution in [0.5, 0.6) is 5.75 Å². The third-order valence-electron chi connectivity index (χ3n) is 3.72. The molecular formula is C18H19FN2O6S. The highest BCUT2D eigenvalue weighted by Gasteiger charge is 2.23. The first-order chi connectivity index (χ1) is 13.2. The summed E-state index contributed by atoms with van der Waals surface area (Å²) in [7, 11) is -1.36. The van der Waals surface area contributed by atoms with Crippen molar-refractivity contribution < 1.29 is 31.9 Å². The lowest BCUT2D eigenvalue weighted by atomic mass is 10.2. The number of methoxy groups -OCH3 is 1. The Kier molecular flexibility index (Phi) is 6.71. The number of carbonyl (C=O) groups excluding carboxylic acids is 2. The van der Waals surface area contributed by atoms with Gasteiger partial charge in [0.2, 0.25) is 10.0 Å². The molecule has 0 fully saturated rings. The lowest BCUT2D eigenvalue weighted by molar-refractivity contribution is -0.123. The maximum Gasteiger partial charge on any atom is 0.338 e. The van der Waals surface area contributed by atoms with Crippen LogP contribution in [0.2, 0.25) is 0 Å². The molecular weight excluding hydrogens is 391 g/mol. The van der Waals surface area contributed by atoms with Crippen LogP contribution < -0.4 is 14.8 Å². The van der Waals surface area contributed by atoms with Crippen molar-refractivity contribution in [2.45, 2.75) is 17.9 Å². The molecule has 2 rings (SSSR count). The van der Waals surface area contributed by atoms with Crippen molar-refractivity contribution >= 4 is 27.6 Å². The topological polar surface area (TPSA) is 111 Å². The van der Waals surface area contributed by atoms with Crippen molar-refractivity contribution in [1.82, 2.24) is 4.72 Å². The molecule has 0 heterocycles. The molecule has 0 radical (unpaired) electrons. The highest BCUT2D eigenvalue weighted by atomic mass is 32.2. The average molecular weight is 410 g/mol. The number of hydrogen-bond donors (Lipinski definition) is 2. The van der Waals surface area contributed by atoms with Crippen LogP contribution in [0, 0.1) is 5.82 Å². The Balaban J connectivity index is 2.14. The van der Waals surface area contributed by atoms with E-state index in [2.05, 4.69) is 10.0 Å². The van der Waals surface area contributed by atoms with Crippen LogP contribution in [-0.2, 0) is 19.6 Å². The van der Waals surface area contributed by atoms with Crippen LogP contribution in [0.4, 0.5) is 10.1 Å². The minimum Gasteiger partial charge on any atom is -0.495 e. The van der Waals surface area contributed by atoms with Gasteiger partial charge in [0, 0.05) is 5.69 Å². The predicted molar refractivity (Wildman–Crippen MR) is 99.1 cm³/mol. The van der Waals surface area contributed by atoms with E-state index in [-0.39, 0.29) is 16.2 Å². The predicted octanol–water partition coefficient (Wildman–Crippen LogP) is 1.93. The zero-order valence-electron chi connectivity index (χ0n) is 15.4. The number of benzene rings is 2. The standard InChI is InChI=1S/C18H19FN2O6S/c1-11(17(22)21-14-7-5-13(19)6-8-14)27-18(23)12-4-9-15(26-3)16(10-12)28(24,25)20-2/h4-11,20H,1-3H3,(H,21,22)/t11-/m1/s1. The molecule has 2 N–H and O–H groups in total.